The van der Waals surface area contributed by atoms with Crippen LogP contribution in [0, 0.1) is 12.7 Å². The van der Waals surface area contributed by atoms with Gasteiger partial charge in [-0.3, -0.25) is 4.79 Å². The van der Waals surface area contributed by atoms with E-state index in [0.717, 1.165) is 0 Å². The third-order valence-corrected chi connectivity index (χ3v) is 3.24. The summed E-state index contributed by atoms with van der Waals surface area (Å²) in [6, 6.07) is 10.6. The molecule has 2 rings (SSSR count). The molecule has 0 aliphatic rings. The predicted molar refractivity (Wildman–Crippen MR) is 76.6 cm³/mol. The SMILES string of the molecule is CCN(C(=O)c1cccc(O)c1C)c1ccc(F)cc1. The van der Waals surface area contributed by atoms with Crippen LogP contribution in [0.5, 0.6) is 5.75 Å². The van der Waals surface area contributed by atoms with E-state index in [1.54, 1.807) is 42.2 Å². The van der Waals surface area contributed by atoms with Crippen molar-refractivity contribution in [3.05, 3.63) is 59.4 Å². The second kappa shape index (κ2) is 5.74. The van der Waals surface area contributed by atoms with Crippen LogP contribution in [0.15, 0.2) is 42.5 Å². The summed E-state index contributed by atoms with van der Waals surface area (Å²) in [4.78, 5) is 14.1. The molecule has 1 N–H and O–H groups in total. The lowest BCUT2D eigenvalue weighted by Crippen LogP contribution is -2.31. The Morgan fingerprint density at radius 1 is 1.20 bits per heavy atom. The topological polar surface area (TPSA) is 40.5 Å². The van der Waals surface area contributed by atoms with Gasteiger partial charge in [-0.1, -0.05) is 6.07 Å². The average molecular weight is 273 g/mol. The molecule has 20 heavy (non-hydrogen) atoms. The number of benzene rings is 2. The molecule has 0 unspecified atom stereocenters. The van der Waals surface area contributed by atoms with Crippen LogP contribution < -0.4 is 4.90 Å². The fraction of sp³-hybridized carbons (Fsp3) is 0.188. The minimum atomic E-state index is -0.342. The summed E-state index contributed by atoms with van der Waals surface area (Å²) in [6.45, 7) is 4.00. The largest absolute Gasteiger partial charge is 0.508 e. The Balaban J connectivity index is 2.39. The van der Waals surface area contributed by atoms with Crippen molar-refractivity contribution in [1.82, 2.24) is 0 Å². The highest BCUT2D eigenvalue weighted by atomic mass is 19.1. The first kappa shape index (κ1) is 14.1. The molecular weight excluding hydrogens is 257 g/mol. The number of rotatable bonds is 3. The van der Waals surface area contributed by atoms with Crippen molar-refractivity contribution in [2.45, 2.75) is 13.8 Å². The smallest absolute Gasteiger partial charge is 0.258 e. The van der Waals surface area contributed by atoms with E-state index in [1.165, 1.54) is 12.1 Å². The van der Waals surface area contributed by atoms with Crippen molar-refractivity contribution in [3.63, 3.8) is 0 Å². The number of hydrogen-bond donors (Lipinski definition) is 1. The molecule has 0 saturated carbocycles. The van der Waals surface area contributed by atoms with Crippen molar-refractivity contribution >= 4 is 11.6 Å². The van der Waals surface area contributed by atoms with Gasteiger partial charge in [0.05, 0.1) is 0 Å². The lowest BCUT2D eigenvalue weighted by atomic mass is 10.1. The summed E-state index contributed by atoms with van der Waals surface area (Å²) in [6.07, 6.45) is 0. The highest BCUT2D eigenvalue weighted by Crippen LogP contribution is 2.23. The maximum atomic E-state index is 13.0. The second-order valence-electron chi connectivity index (χ2n) is 4.48. The molecule has 0 spiro atoms. The maximum Gasteiger partial charge on any atom is 0.258 e. The highest BCUT2D eigenvalue weighted by molar-refractivity contribution is 6.07. The van der Waals surface area contributed by atoms with E-state index in [4.69, 9.17) is 0 Å². The van der Waals surface area contributed by atoms with Gasteiger partial charge in [0, 0.05) is 23.4 Å². The molecule has 0 aliphatic heterocycles. The van der Waals surface area contributed by atoms with Gasteiger partial charge in [-0.05, 0) is 50.2 Å². The monoisotopic (exact) mass is 273 g/mol. The number of hydrogen-bond acceptors (Lipinski definition) is 2. The molecule has 4 heteroatoms. The van der Waals surface area contributed by atoms with E-state index in [0.29, 0.717) is 23.4 Å². The number of halogens is 1. The van der Waals surface area contributed by atoms with E-state index in [1.807, 2.05) is 6.92 Å². The van der Waals surface area contributed by atoms with E-state index in [2.05, 4.69) is 0 Å². The summed E-state index contributed by atoms with van der Waals surface area (Å²) in [5.74, 6) is -0.468. The minimum Gasteiger partial charge on any atom is -0.508 e. The molecule has 0 radical (unpaired) electrons. The van der Waals surface area contributed by atoms with Gasteiger partial charge in [-0.25, -0.2) is 4.39 Å². The average Bonchev–Trinajstić information content (AvgIpc) is 2.44. The summed E-state index contributed by atoms with van der Waals surface area (Å²) in [7, 11) is 0. The molecule has 0 fully saturated rings. The number of aromatic hydroxyl groups is 1. The zero-order valence-corrected chi connectivity index (χ0v) is 11.4. The molecule has 1 amide bonds. The molecule has 0 saturated heterocycles. The lowest BCUT2D eigenvalue weighted by Gasteiger charge is -2.22. The minimum absolute atomic E-state index is 0.0889. The second-order valence-corrected chi connectivity index (χ2v) is 4.48. The Hall–Kier alpha value is -2.36. The van der Waals surface area contributed by atoms with Crippen molar-refractivity contribution in [1.29, 1.82) is 0 Å². The van der Waals surface area contributed by atoms with Crippen LogP contribution >= 0.6 is 0 Å². The summed E-state index contributed by atoms with van der Waals surface area (Å²) >= 11 is 0. The molecule has 104 valence electrons. The first-order chi connectivity index (χ1) is 9.54. The molecule has 0 heterocycles. The lowest BCUT2D eigenvalue weighted by molar-refractivity contribution is 0.0987. The van der Waals surface area contributed by atoms with E-state index in [-0.39, 0.29) is 17.5 Å². The number of phenolic OH excluding ortho intramolecular Hbond substituents is 1. The normalized spacial score (nSPS) is 10.3. The van der Waals surface area contributed by atoms with Crippen LogP contribution in [0.25, 0.3) is 0 Å². The van der Waals surface area contributed by atoms with Crippen molar-refractivity contribution < 1.29 is 14.3 Å². The van der Waals surface area contributed by atoms with Gasteiger partial charge in [0.15, 0.2) is 0 Å². The van der Waals surface area contributed by atoms with Crippen LogP contribution in [-0.2, 0) is 0 Å². The maximum absolute atomic E-state index is 13.0. The van der Waals surface area contributed by atoms with Crippen LogP contribution in [0.3, 0.4) is 0 Å². The van der Waals surface area contributed by atoms with Crippen molar-refractivity contribution in [2.24, 2.45) is 0 Å². The molecule has 2 aromatic rings. The molecule has 2 aromatic carbocycles. The standard InChI is InChI=1S/C16H16FNO2/c1-3-18(13-9-7-12(17)8-10-13)16(20)14-5-4-6-15(19)11(14)2/h4-10,19H,3H2,1-2H3. The first-order valence-corrected chi connectivity index (χ1v) is 6.40. The van der Waals surface area contributed by atoms with Crippen LogP contribution in [0.4, 0.5) is 10.1 Å². The fourth-order valence-electron chi connectivity index (χ4n) is 2.07. The first-order valence-electron chi connectivity index (χ1n) is 6.40. The van der Waals surface area contributed by atoms with E-state index < -0.39 is 0 Å². The number of phenols is 1. The number of nitrogens with zero attached hydrogens (tertiary/aromatic N) is 1. The van der Waals surface area contributed by atoms with Gasteiger partial charge in [0.2, 0.25) is 0 Å². The van der Waals surface area contributed by atoms with Gasteiger partial charge in [-0.15, -0.1) is 0 Å². The Bertz CT molecular complexity index is 623. The third kappa shape index (κ3) is 2.64. The number of anilines is 1. The van der Waals surface area contributed by atoms with Crippen LogP contribution in [-0.4, -0.2) is 17.6 Å². The number of carbonyl (C=O) groups is 1. The molecule has 0 aliphatic carbocycles. The van der Waals surface area contributed by atoms with Gasteiger partial charge >= 0.3 is 0 Å². The Labute approximate surface area is 117 Å². The van der Waals surface area contributed by atoms with Gasteiger partial charge in [0.25, 0.3) is 5.91 Å². The molecule has 0 bridgehead atoms. The van der Waals surface area contributed by atoms with Gasteiger partial charge in [-0.2, -0.15) is 0 Å². The quantitative estimate of drug-likeness (QED) is 0.929. The molecular formula is C16H16FNO2. The predicted octanol–water partition coefficient (Wildman–Crippen LogP) is 3.51. The fourth-order valence-corrected chi connectivity index (χ4v) is 2.07. The third-order valence-electron chi connectivity index (χ3n) is 3.24. The molecule has 3 nitrogen and oxygen atoms in total. The summed E-state index contributed by atoms with van der Waals surface area (Å²) in [5, 5.41) is 9.69. The summed E-state index contributed by atoms with van der Waals surface area (Å²) < 4.78 is 13.0. The Kier molecular flexibility index (Phi) is 4.03. The van der Waals surface area contributed by atoms with Crippen molar-refractivity contribution in [2.75, 3.05) is 11.4 Å². The Morgan fingerprint density at radius 2 is 1.85 bits per heavy atom. The van der Waals surface area contributed by atoms with Gasteiger partial charge < -0.3 is 10.0 Å². The molecule has 0 aromatic heterocycles. The van der Waals surface area contributed by atoms with E-state index >= 15 is 0 Å². The number of carbonyl (C=O) groups excluding carboxylic acids is 1. The van der Waals surface area contributed by atoms with Crippen LogP contribution in [0.1, 0.15) is 22.8 Å². The highest BCUT2D eigenvalue weighted by Gasteiger charge is 2.19. The van der Waals surface area contributed by atoms with Gasteiger partial charge in [0.1, 0.15) is 11.6 Å². The zero-order chi connectivity index (χ0) is 14.7. The zero-order valence-electron chi connectivity index (χ0n) is 11.4. The van der Waals surface area contributed by atoms with E-state index in [9.17, 15) is 14.3 Å². The molecule has 0 atom stereocenters. The Morgan fingerprint density at radius 3 is 2.45 bits per heavy atom. The van der Waals surface area contributed by atoms with Crippen molar-refractivity contribution in [3.8, 4) is 5.75 Å². The van der Waals surface area contributed by atoms with Crippen LogP contribution in [0.2, 0.25) is 0 Å². The summed E-state index contributed by atoms with van der Waals surface area (Å²) in [5.41, 5.74) is 1.61. The number of amides is 1.